The van der Waals surface area contributed by atoms with E-state index in [1.807, 2.05) is 17.5 Å². The van der Waals surface area contributed by atoms with Gasteiger partial charge in [0.15, 0.2) is 0 Å². The highest BCUT2D eigenvalue weighted by molar-refractivity contribution is 9.10. The van der Waals surface area contributed by atoms with Gasteiger partial charge in [0.2, 0.25) is 0 Å². The Hall–Kier alpha value is -0.970. The fourth-order valence-electron chi connectivity index (χ4n) is 1.05. The van der Waals surface area contributed by atoms with Gasteiger partial charge in [-0.05, 0) is 15.9 Å². The van der Waals surface area contributed by atoms with Crippen LogP contribution in [0.3, 0.4) is 0 Å². The first-order chi connectivity index (χ1) is 5.81. The van der Waals surface area contributed by atoms with E-state index in [0.717, 1.165) is 16.7 Å². The number of hydrogen-bond acceptors (Lipinski definition) is 3. The molecule has 2 rings (SSSR count). The van der Waals surface area contributed by atoms with E-state index in [1.165, 1.54) is 0 Å². The molecule has 0 unspecified atom stereocenters. The monoisotopic (exact) mass is 226 g/mol. The Kier molecular flexibility index (Phi) is 1.80. The summed E-state index contributed by atoms with van der Waals surface area (Å²) in [6, 6.07) is 0. The Bertz CT molecular complexity index is 409. The number of halogens is 1. The number of hydrogen-bond donors (Lipinski definition) is 0. The maximum atomic E-state index is 4.09. The van der Waals surface area contributed by atoms with Crippen LogP contribution >= 0.6 is 15.9 Å². The smallest absolute Gasteiger partial charge is 0.255 e. The Labute approximate surface area is 77.8 Å². The van der Waals surface area contributed by atoms with Crippen LogP contribution in [0.4, 0.5) is 0 Å². The fourth-order valence-corrected chi connectivity index (χ4v) is 1.36. The van der Waals surface area contributed by atoms with E-state index in [2.05, 4.69) is 31.1 Å². The molecule has 0 aliphatic rings. The fraction of sp³-hybridized carbons (Fsp3) is 0.286. The molecular weight excluding hydrogens is 220 g/mol. The summed E-state index contributed by atoms with van der Waals surface area (Å²) in [4.78, 5) is 4.09. The van der Waals surface area contributed by atoms with Gasteiger partial charge in [-0.15, -0.1) is 10.2 Å². The molecule has 5 heteroatoms. The standard InChI is InChI=1S/C7H7BrN4/c1-2-6-10-11-7-9-3-5(8)4-12(6)7/h3-4H,2H2,1H3. The number of nitrogens with zero attached hydrogens (tertiary/aromatic N) is 4. The van der Waals surface area contributed by atoms with Gasteiger partial charge in [-0.3, -0.25) is 4.40 Å². The van der Waals surface area contributed by atoms with Crippen molar-refractivity contribution in [1.82, 2.24) is 19.6 Å². The van der Waals surface area contributed by atoms with E-state index in [9.17, 15) is 0 Å². The minimum absolute atomic E-state index is 0.648. The molecule has 2 heterocycles. The van der Waals surface area contributed by atoms with E-state index in [4.69, 9.17) is 0 Å². The van der Waals surface area contributed by atoms with Gasteiger partial charge in [-0.2, -0.15) is 0 Å². The molecular formula is C7H7BrN4. The third kappa shape index (κ3) is 1.10. The third-order valence-corrected chi connectivity index (χ3v) is 2.03. The summed E-state index contributed by atoms with van der Waals surface area (Å²) in [7, 11) is 0. The van der Waals surface area contributed by atoms with Gasteiger partial charge >= 0.3 is 0 Å². The number of fused-ring (bicyclic) bond motifs is 1. The molecule has 0 saturated heterocycles. The van der Waals surface area contributed by atoms with Gasteiger partial charge in [0.05, 0.1) is 4.47 Å². The highest BCUT2D eigenvalue weighted by Gasteiger charge is 2.03. The van der Waals surface area contributed by atoms with Crippen LogP contribution in [0.15, 0.2) is 16.9 Å². The van der Waals surface area contributed by atoms with Crippen molar-refractivity contribution in [3.05, 3.63) is 22.7 Å². The molecule has 0 aromatic carbocycles. The second kappa shape index (κ2) is 2.82. The summed E-state index contributed by atoms with van der Waals surface area (Å²) in [5.41, 5.74) is 0. The molecule has 0 bridgehead atoms. The third-order valence-electron chi connectivity index (χ3n) is 1.62. The van der Waals surface area contributed by atoms with E-state index in [1.54, 1.807) is 6.20 Å². The summed E-state index contributed by atoms with van der Waals surface area (Å²) in [6.45, 7) is 2.04. The Balaban J connectivity index is 2.75. The summed E-state index contributed by atoms with van der Waals surface area (Å²) in [5.74, 6) is 1.58. The van der Waals surface area contributed by atoms with Crippen molar-refractivity contribution in [2.75, 3.05) is 0 Å². The molecule has 0 N–H and O–H groups in total. The normalized spacial score (nSPS) is 10.8. The Morgan fingerprint density at radius 3 is 3.08 bits per heavy atom. The average Bonchev–Trinajstić information content (AvgIpc) is 2.46. The van der Waals surface area contributed by atoms with Gasteiger partial charge in [0.1, 0.15) is 5.82 Å². The Morgan fingerprint density at radius 1 is 1.50 bits per heavy atom. The van der Waals surface area contributed by atoms with E-state index in [0.29, 0.717) is 5.78 Å². The first-order valence-corrected chi connectivity index (χ1v) is 4.45. The number of aromatic nitrogens is 4. The maximum Gasteiger partial charge on any atom is 0.255 e. The van der Waals surface area contributed by atoms with Crippen molar-refractivity contribution in [3.63, 3.8) is 0 Å². The lowest BCUT2D eigenvalue weighted by molar-refractivity contribution is 0.905. The summed E-state index contributed by atoms with van der Waals surface area (Å²) < 4.78 is 2.81. The zero-order valence-corrected chi connectivity index (χ0v) is 8.11. The molecule has 2 aromatic heterocycles. The van der Waals surface area contributed by atoms with Crippen LogP contribution < -0.4 is 0 Å². The second-order valence-electron chi connectivity index (χ2n) is 2.41. The maximum absolute atomic E-state index is 4.09. The van der Waals surface area contributed by atoms with Crippen molar-refractivity contribution in [3.8, 4) is 0 Å². The molecule has 0 amide bonds. The summed E-state index contributed by atoms with van der Waals surface area (Å²) in [5, 5.41) is 7.90. The van der Waals surface area contributed by atoms with Crippen LogP contribution in [0.1, 0.15) is 12.7 Å². The lowest BCUT2D eigenvalue weighted by Crippen LogP contribution is -1.93. The van der Waals surface area contributed by atoms with Crippen LogP contribution in [0, 0.1) is 0 Å². The Morgan fingerprint density at radius 2 is 2.33 bits per heavy atom. The first kappa shape index (κ1) is 7.67. The van der Waals surface area contributed by atoms with Gasteiger partial charge in [0.25, 0.3) is 5.78 Å². The van der Waals surface area contributed by atoms with Gasteiger partial charge in [-0.1, -0.05) is 6.92 Å². The molecule has 62 valence electrons. The molecule has 0 spiro atoms. The zero-order chi connectivity index (χ0) is 8.55. The minimum atomic E-state index is 0.648. The predicted molar refractivity (Wildman–Crippen MR) is 47.9 cm³/mol. The largest absolute Gasteiger partial charge is 0.269 e. The number of aryl methyl sites for hydroxylation is 1. The summed E-state index contributed by atoms with van der Waals surface area (Å²) >= 11 is 3.34. The lowest BCUT2D eigenvalue weighted by Gasteiger charge is -1.94. The van der Waals surface area contributed by atoms with Gasteiger partial charge in [-0.25, -0.2) is 4.98 Å². The van der Waals surface area contributed by atoms with Gasteiger partial charge in [0, 0.05) is 18.8 Å². The number of rotatable bonds is 1. The zero-order valence-electron chi connectivity index (χ0n) is 6.53. The lowest BCUT2D eigenvalue weighted by atomic mass is 10.4. The van der Waals surface area contributed by atoms with Crippen molar-refractivity contribution < 1.29 is 0 Å². The van der Waals surface area contributed by atoms with E-state index < -0.39 is 0 Å². The van der Waals surface area contributed by atoms with E-state index in [-0.39, 0.29) is 0 Å². The molecule has 0 saturated carbocycles. The quantitative estimate of drug-likeness (QED) is 0.740. The average molecular weight is 227 g/mol. The molecule has 0 fully saturated rings. The molecule has 0 radical (unpaired) electrons. The first-order valence-electron chi connectivity index (χ1n) is 3.66. The molecule has 0 aliphatic carbocycles. The van der Waals surface area contributed by atoms with Crippen LogP contribution in [0.2, 0.25) is 0 Å². The van der Waals surface area contributed by atoms with Gasteiger partial charge < -0.3 is 0 Å². The van der Waals surface area contributed by atoms with Crippen LogP contribution in [-0.4, -0.2) is 19.6 Å². The molecule has 12 heavy (non-hydrogen) atoms. The summed E-state index contributed by atoms with van der Waals surface area (Å²) in [6.07, 6.45) is 4.49. The van der Waals surface area contributed by atoms with Crippen LogP contribution in [0.5, 0.6) is 0 Å². The molecule has 2 aromatic rings. The molecule has 0 aliphatic heterocycles. The minimum Gasteiger partial charge on any atom is -0.269 e. The van der Waals surface area contributed by atoms with E-state index >= 15 is 0 Å². The predicted octanol–water partition coefficient (Wildman–Crippen LogP) is 1.45. The SMILES string of the molecule is CCc1nnc2ncc(Br)cn12. The second-order valence-corrected chi connectivity index (χ2v) is 3.33. The highest BCUT2D eigenvalue weighted by atomic mass is 79.9. The van der Waals surface area contributed by atoms with Crippen molar-refractivity contribution >= 4 is 21.7 Å². The van der Waals surface area contributed by atoms with Crippen LogP contribution in [-0.2, 0) is 6.42 Å². The van der Waals surface area contributed by atoms with Crippen molar-refractivity contribution in [1.29, 1.82) is 0 Å². The van der Waals surface area contributed by atoms with Crippen molar-refractivity contribution in [2.45, 2.75) is 13.3 Å². The van der Waals surface area contributed by atoms with Crippen LogP contribution in [0.25, 0.3) is 5.78 Å². The highest BCUT2D eigenvalue weighted by Crippen LogP contribution is 2.09. The topological polar surface area (TPSA) is 43.1 Å². The van der Waals surface area contributed by atoms with Crippen molar-refractivity contribution in [2.24, 2.45) is 0 Å². The molecule has 4 nitrogen and oxygen atoms in total. The molecule has 0 atom stereocenters.